The predicted molar refractivity (Wildman–Crippen MR) is 66.9 cm³/mol. The van der Waals surface area contributed by atoms with Crippen molar-refractivity contribution in [2.24, 2.45) is 17.6 Å². The molecule has 4 unspecified atom stereocenters. The quantitative estimate of drug-likeness (QED) is 0.873. The summed E-state index contributed by atoms with van der Waals surface area (Å²) in [6, 6.07) is 1.94. The Morgan fingerprint density at radius 2 is 2.16 bits per heavy atom. The van der Waals surface area contributed by atoms with Crippen molar-refractivity contribution in [2.45, 2.75) is 31.2 Å². The first-order valence-electron chi connectivity index (χ1n) is 6.68. The van der Waals surface area contributed by atoms with Gasteiger partial charge in [0.25, 0.3) is 0 Å². The summed E-state index contributed by atoms with van der Waals surface area (Å²) in [6.45, 7) is 0. The van der Waals surface area contributed by atoms with E-state index in [0.29, 0.717) is 29.2 Å². The summed E-state index contributed by atoms with van der Waals surface area (Å²) < 4.78 is 5.42. The molecule has 0 saturated heterocycles. The topological polar surface area (TPSA) is 90.7 Å². The molecule has 0 amide bonds. The van der Waals surface area contributed by atoms with Gasteiger partial charge in [0.05, 0.1) is 5.92 Å². The third kappa shape index (κ3) is 1.67. The van der Waals surface area contributed by atoms with Crippen molar-refractivity contribution in [3.63, 3.8) is 0 Å². The molecule has 2 aromatic heterocycles. The molecule has 98 valence electrons. The Kier molecular flexibility index (Phi) is 2.38. The molecule has 0 radical (unpaired) electrons. The van der Waals surface area contributed by atoms with Crippen LogP contribution in [0, 0.1) is 11.8 Å². The van der Waals surface area contributed by atoms with E-state index in [1.165, 1.54) is 25.6 Å². The Labute approximate surface area is 110 Å². The van der Waals surface area contributed by atoms with E-state index in [9.17, 15) is 0 Å². The summed E-state index contributed by atoms with van der Waals surface area (Å²) in [5, 5.41) is 4.02. The number of hydrogen-bond acceptors (Lipinski definition) is 6. The van der Waals surface area contributed by atoms with E-state index in [1.807, 2.05) is 0 Å². The van der Waals surface area contributed by atoms with Crippen LogP contribution in [0.2, 0.25) is 0 Å². The van der Waals surface area contributed by atoms with E-state index in [0.717, 1.165) is 0 Å². The minimum atomic E-state index is 0.164. The number of hydrogen-bond donors (Lipinski definition) is 1. The van der Waals surface area contributed by atoms with Crippen LogP contribution in [0.25, 0.3) is 11.5 Å². The van der Waals surface area contributed by atoms with Gasteiger partial charge in [0.1, 0.15) is 12.0 Å². The Hall–Kier alpha value is -1.82. The summed E-state index contributed by atoms with van der Waals surface area (Å²) in [6.07, 6.45) is 6.83. The second-order valence-electron chi connectivity index (χ2n) is 5.49. The lowest BCUT2D eigenvalue weighted by atomic mass is 9.85. The number of fused-ring (bicyclic) bond motifs is 2. The average Bonchev–Trinajstić information content (AvgIpc) is 3.14. The van der Waals surface area contributed by atoms with Crippen molar-refractivity contribution in [3.05, 3.63) is 24.5 Å². The molecule has 4 rings (SSSR count). The molecule has 6 nitrogen and oxygen atoms in total. The third-order valence-electron chi connectivity index (χ3n) is 4.52. The number of nitrogens with zero attached hydrogens (tertiary/aromatic N) is 4. The number of nitrogens with two attached hydrogens (primary N) is 1. The highest BCUT2D eigenvalue weighted by Gasteiger charge is 2.48. The van der Waals surface area contributed by atoms with Crippen molar-refractivity contribution in [2.75, 3.05) is 0 Å². The van der Waals surface area contributed by atoms with Crippen LogP contribution in [0.3, 0.4) is 0 Å². The molecular formula is C13H15N5O. The van der Waals surface area contributed by atoms with Crippen LogP contribution in [0.4, 0.5) is 0 Å². The Morgan fingerprint density at radius 1 is 1.26 bits per heavy atom. The maximum Gasteiger partial charge on any atom is 0.231 e. The van der Waals surface area contributed by atoms with Gasteiger partial charge < -0.3 is 10.3 Å². The van der Waals surface area contributed by atoms with Crippen molar-refractivity contribution in [1.82, 2.24) is 20.1 Å². The maximum absolute atomic E-state index is 6.29. The average molecular weight is 257 g/mol. The van der Waals surface area contributed by atoms with E-state index in [2.05, 4.69) is 20.1 Å². The van der Waals surface area contributed by atoms with Gasteiger partial charge in [0, 0.05) is 12.2 Å². The molecule has 2 saturated carbocycles. The van der Waals surface area contributed by atoms with E-state index >= 15 is 0 Å². The first-order valence-corrected chi connectivity index (χ1v) is 6.68. The summed E-state index contributed by atoms with van der Waals surface area (Å²) in [4.78, 5) is 12.5. The molecule has 6 heteroatoms. The van der Waals surface area contributed by atoms with Crippen molar-refractivity contribution in [3.8, 4) is 11.5 Å². The van der Waals surface area contributed by atoms with Gasteiger partial charge in [0.2, 0.25) is 11.7 Å². The van der Waals surface area contributed by atoms with Gasteiger partial charge in [-0.2, -0.15) is 4.98 Å². The minimum absolute atomic E-state index is 0.164. The van der Waals surface area contributed by atoms with Crippen LogP contribution in [-0.2, 0) is 0 Å². The molecule has 2 aliphatic carbocycles. The Morgan fingerprint density at radius 3 is 2.89 bits per heavy atom. The SMILES string of the molecule is NC1C2CCC(C2)C1c1nc(-c2ccncn2)no1. The van der Waals surface area contributed by atoms with Gasteiger partial charge in [-0.05, 0) is 37.2 Å². The molecule has 2 heterocycles. The predicted octanol–water partition coefficient (Wildman–Crippen LogP) is 1.37. The van der Waals surface area contributed by atoms with E-state index in [1.54, 1.807) is 12.3 Å². The Balaban J connectivity index is 1.65. The normalized spacial score (nSPS) is 32.9. The highest BCUT2D eigenvalue weighted by Crippen LogP contribution is 2.51. The van der Waals surface area contributed by atoms with Crippen LogP contribution in [-0.4, -0.2) is 26.2 Å². The van der Waals surface area contributed by atoms with Gasteiger partial charge in [-0.15, -0.1) is 0 Å². The molecule has 4 atom stereocenters. The zero-order chi connectivity index (χ0) is 12.8. The van der Waals surface area contributed by atoms with Crippen molar-refractivity contribution in [1.29, 1.82) is 0 Å². The van der Waals surface area contributed by atoms with Gasteiger partial charge in [-0.1, -0.05) is 5.16 Å². The first kappa shape index (κ1) is 11.0. The highest BCUT2D eigenvalue weighted by molar-refractivity contribution is 5.46. The highest BCUT2D eigenvalue weighted by atomic mass is 16.5. The molecule has 0 aliphatic heterocycles. The molecule has 0 spiro atoms. The lowest BCUT2D eigenvalue weighted by molar-refractivity contribution is 0.279. The molecule has 2 aromatic rings. The van der Waals surface area contributed by atoms with Gasteiger partial charge in [-0.25, -0.2) is 9.97 Å². The van der Waals surface area contributed by atoms with E-state index in [4.69, 9.17) is 10.3 Å². The molecule has 0 aromatic carbocycles. The summed E-state index contributed by atoms with van der Waals surface area (Å²) in [5.74, 6) is 2.66. The number of rotatable bonds is 2. The summed E-state index contributed by atoms with van der Waals surface area (Å²) in [5.41, 5.74) is 6.97. The maximum atomic E-state index is 6.29. The van der Waals surface area contributed by atoms with Crippen LogP contribution in [0.1, 0.15) is 31.1 Å². The van der Waals surface area contributed by atoms with Gasteiger partial charge in [0.15, 0.2) is 0 Å². The second-order valence-corrected chi connectivity index (χ2v) is 5.49. The molecular weight excluding hydrogens is 242 g/mol. The van der Waals surface area contributed by atoms with E-state index in [-0.39, 0.29) is 12.0 Å². The lowest BCUT2D eigenvalue weighted by Gasteiger charge is -2.24. The first-order chi connectivity index (χ1) is 9.33. The molecule has 2 fully saturated rings. The van der Waals surface area contributed by atoms with Crippen LogP contribution < -0.4 is 5.73 Å². The smallest absolute Gasteiger partial charge is 0.231 e. The fraction of sp³-hybridized carbons (Fsp3) is 0.538. The minimum Gasteiger partial charge on any atom is -0.339 e. The third-order valence-corrected chi connectivity index (χ3v) is 4.52. The fourth-order valence-electron chi connectivity index (χ4n) is 3.60. The summed E-state index contributed by atoms with van der Waals surface area (Å²) >= 11 is 0. The lowest BCUT2D eigenvalue weighted by Crippen LogP contribution is -2.34. The molecule has 2 aliphatic rings. The monoisotopic (exact) mass is 257 g/mol. The Bertz CT molecular complexity index is 582. The largest absolute Gasteiger partial charge is 0.339 e. The zero-order valence-corrected chi connectivity index (χ0v) is 10.4. The van der Waals surface area contributed by atoms with Crippen LogP contribution in [0.5, 0.6) is 0 Å². The van der Waals surface area contributed by atoms with Crippen LogP contribution >= 0.6 is 0 Å². The van der Waals surface area contributed by atoms with Crippen molar-refractivity contribution < 1.29 is 4.52 Å². The second kappa shape index (κ2) is 4.09. The van der Waals surface area contributed by atoms with Crippen LogP contribution in [0.15, 0.2) is 23.1 Å². The fourth-order valence-corrected chi connectivity index (χ4v) is 3.60. The summed E-state index contributed by atoms with van der Waals surface area (Å²) in [7, 11) is 0. The molecule has 2 N–H and O–H groups in total. The molecule has 2 bridgehead atoms. The van der Waals surface area contributed by atoms with Gasteiger partial charge in [-0.3, -0.25) is 0 Å². The molecule has 19 heavy (non-hydrogen) atoms. The standard InChI is InChI=1S/C13H15N5O/c14-11-8-2-1-7(5-8)10(11)13-17-12(18-19-13)9-3-4-15-6-16-9/h3-4,6-8,10-11H,1-2,5,14H2. The van der Waals surface area contributed by atoms with Crippen molar-refractivity contribution >= 4 is 0 Å². The van der Waals surface area contributed by atoms with Gasteiger partial charge >= 0.3 is 0 Å². The zero-order valence-electron chi connectivity index (χ0n) is 10.4. The van der Waals surface area contributed by atoms with E-state index < -0.39 is 0 Å². The number of aromatic nitrogens is 4.